The van der Waals surface area contributed by atoms with Crippen molar-refractivity contribution in [3.8, 4) is 0 Å². The van der Waals surface area contributed by atoms with Crippen molar-refractivity contribution in [2.75, 3.05) is 0 Å². The molecule has 1 atom stereocenters. The molecule has 0 amide bonds. The Morgan fingerprint density at radius 1 is 1.20 bits per heavy atom. The van der Waals surface area contributed by atoms with Crippen LogP contribution in [0.4, 0.5) is 0 Å². The average molecular weight is 136 g/mol. The standard InChI is InChI=1S/C10H16/c1-10-8-6-4-2-3-5-7-9-10/h2,4,6,8,10H,3,5,7,9H2,1H3. The molecule has 1 aliphatic rings. The first kappa shape index (κ1) is 7.59. The van der Waals surface area contributed by atoms with Crippen molar-refractivity contribution in [3.63, 3.8) is 0 Å². The molecule has 0 aromatic heterocycles. The lowest BCUT2D eigenvalue weighted by molar-refractivity contribution is 0.587. The van der Waals surface area contributed by atoms with E-state index in [4.69, 9.17) is 0 Å². The van der Waals surface area contributed by atoms with Gasteiger partial charge in [0.05, 0.1) is 0 Å². The molecular weight excluding hydrogens is 120 g/mol. The van der Waals surface area contributed by atoms with Crippen LogP contribution in [0, 0.1) is 5.92 Å². The fraction of sp³-hybridized carbons (Fsp3) is 0.600. The summed E-state index contributed by atoms with van der Waals surface area (Å²) in [5.74, 6) is 0.780. The largest absolute Gasteiger partial charge is 0.0845 e. The Bertz CT molecular complexity index is 131. The van der Waals surface area contributed by atoms with E-state index >= 15 is 0 Å². The summed E-state index contributed by atoms with van der Waals surface area (Å²) in [5.41, 5.74) is 0. The van der Waals surface area contributed by atoms with Gasteiger partial charge in [-0.1, -0.05) is 37.6 Å². The molecule has 0 nitrogen and oxygen atoms in total. The van der Waals surface area contributed by atoms with E-state index in [1.165, 1.54) is 25.7 Å². The van der Waals surface area contributed by atoms with E-state index in [1.807, 2.05) is 0 Å². The van der Waals surface area contributed by atoms with Crippen LogP contribution < -0.4 is 0 Å². The molecule has 0 aromatic carbocycles. The van der Waals surface area contributed by atoms with Crippen LogP contribution in [0.5, 0.6) is 0 Å². The number of hydrogen-bond acceptors (Lipinski definition) is 0. The van der Waals surface area contributed by atoms with Gasteiger partial charge < -0.3 is 0 Å². The summed E-state index contributed by atoms with van der Waals surface area (Å²) in [7, 11) is 0. The quantitative estimate of drug-likeness (QED) is 0.479. The van der Waals surface area contributed by atoms with Gasteiger partial charge in [0, 0.05) is 0 Å². The van der Waals surface area contributed by atoms with Crippen LogP contribution in [0.25, 0.3) is 0 Å². The maximum atomic E-state index is 2.29. The minimum atomic E-state index is 0.780. The molecule has 0 radical (unpaired) electrons. The van der Waals surface area contributed by atoms with E-state index in [2.05, 4.69) is 31.2 Å². The van der Waals surface area contributed by atoms with Crippen molar-refractivity contribution in [1.29, 1.82) is 0 Å². The molecule has 1 aliphatic carbocycles. The maximum Gasteiger partial charge on any atom is -0.0259 e. The van der Waals surface area contributed by atoms with Gasteiger partial charge in [0.1, 0.15) is 0 Å². The van der Waals surface area contributed by atoms with E-state index in [0.717, 1.165) is 5.92 Å². The monoisotopic (exact) mass is 136 g/mol. The Hall–Kier alpha value is -0.520. The van der Waals surface area contributed by atoms with Crippen molar-refractivity contribution < 1.29 is 0 Å². The highest BCUT2D eigenvalue weighted by Gasteiger charge is 1.96. The molecule has 0 bridgehead atoms. The van der Waals surface area contributed by atoms with Gasteiger partial charge in [0.15, 0.2) is 0 Å². The first-order valence-electron chi connectivity index (χ1n) is 4.23. The van der Waals surface area contributed by atoms with Crippen LogP contribution in [0.1, 0.15) is 32.6 Å². The molecule has 0 saturated carbocycles. The van der Waals surface area contributed by atoms with Crippen molar-refractivity contribution in [1.82, 2.24) is 0 Å². The van der Waals surface area contributed by atoms with Gasteiger partial charge in [0.25, 0.3) is 0 Å². The van der Waals surface area contributed by atoms with Crippen molar-refractivity contribution >= 4 is 0 Å². The lowest BCUT2D eigenvalue weighted by Crippen LogP contribution is -1.87. The van der Waals surface area contributed by atoms with Crippen LogP contribution in [0.2, 0.25) is 0 Å². The number of hydrogen-bond donors (Lipinski definition) is 0. The molecule has 0 spiro atoms. The Labute approximate surface area is 63.6 Å². The van der Waals surface area contributed by atoms with E-state index in [1.54, 1.807) is 0 Å². The summed E-state index contributed by atoms with van der Waals surface area (Å²) < 4.78 is 0. The summed E-state index contributed by atoms with van der Waals surface area (Å²) in [5, 5.41) is 0. The molecule has 0 aliphatic heterocycles. The van der Waals surface area contributed by atoms with Crippen LogP contribution in [0.3, 0.4) is 0 Å². The maximum absolute atomic E-state index is 2.29. The fourth-order valence-corrected chi connectivity index (χ4v) is 1.25. The second-order valence-corrected chi connectivity index (χ2v) is 3.07. The summed E-state index contributed by atoms with van der Waals surface area (Å²) in [4.78, 5) is 0. The normalized spacial score (nSPS) is 27.1. The molecule has 0 heterocycles. The number of allylic oxidation sites excluding steroid dienone is 4. The highest BCUT2D eigenvalue weighted by molar-refractivity contribution is 5.04. The Balaban J connectivity index is 2.40. The zero-order valence-electron chi connectivity index (χ0n) is 6.72. The predicted molar refractivity (Wildman–Crippen MR) is 45.9 cm³/mol. The zero-order chi connectivity index (χ0) is 7.23. The number of rotatable bonds is 0. The van der Waals surface area contributed by atoms with E-state index < -0.39 is 0 Å². The Morgan fingerprint density at radius 2 is 2.10 bits per heavy atom. The van der Waals surface area contributed by atoms with E-state index in [9.17, 15) is 0 Å². The molecule has 56 valence electrons. The second kappa shape index (κ2) is 4.32. The van der Waals surface area contributed by atoms with Crippen molar-refractivity contribution in [3.05, 3.63) is 24.3 Å². The first-order chi connectivity index (χ1) is 4.89. The minimum absolute atomic E-state index is 0.780. The summed E-state index contributed by atoms with van der Waals surface area (Å²) in [6.07, 6.45) is 14.3. The van der Waals surface area contributed by atoms with Crippen LogP contribution in [0.15, 0.2) is 24.3 Å². The van der Waals surface area contributed by atoms with E-state index in [0.29, 0.717) is 0 Å². The van der Waals surface area contributed by atoms with Gasteiger partial charge in [-0.3, -0.25) is 0 Å². The highest BCUT2D eigenvalue weighted by Crippen LogP contribution is 2.12. The van der Waals surface area contributed by atoms with Crippen molar-refractivity contribution in [2.24, 2.45) is 5.92 Å². The van der Waals surface area contributed by atoms with E-state index in [-0.39, 0.29) is 0 Å². The molecule has 0 aromatic rings. The third kappa shape index (κ3) is 2.86. The zero-order valence-corrected chi connectivity index (χ0v) is 6.72. The van der Waals surface area contributed by atoms with Gasteiger partial charge in [-0.15, -0.1) is 0 Å². The first-order valence-corrected chi connectivity index (χ1v) is 4.23. The van der Waals surface area contributed by atoms with Gasteiger partial charge in [-0.05, 0) is 25.2 Å². The average Bonchev–Trinajstić information content (AvgIpc) is 2.02. The predicted octanol–water partition coefficient (Wildman–Crippen LogP) is 3.31. The molecule has 10 heavy (non-hydrogen) atoms. The topological polar surface area (TPSA) is 0 Å². The lowest BCUT2D eigenvalue weighted by atomic mass is 10.0. The molecular formula is C10H16. The second-order valence-electron chi connectivity index (χ2n) is 3.07. The molecule has 0 heteroatoms. The summed E-state index contributed by atoms with van der Waals surface area (Å²) in [6.45, 7) is 2.29. The third-order valence-electron chi connectivity index (χ3n) is 1.97. The lowest BCUT2D eigenvalue weighted by Gasteiger charge is -2.02. The molecule has 1 unspecified atom stereocenters. The smallest absolute Gasteiger partial charge is 0.0259 e. The van der Waals surface area contributed by atoms with Crippen LogP contribution in [-0.4, -0.2) is 0 Å². The summed E-state index contributed by atoms with van der Waals surface area (Å²) >= 11 is 0. The van der Waals surface area contributed by atoms with Crippen molar-refractivity contribution in [2.45, 2.75) is 32.6 Å². The fourth-order valence-electron chi connectivity index (χ4n) is 1.25. The Kier molecular flexibility index (Phi) is 3.28. The van der Waals surface area contributed by atoms with Crippen LogP contribution in [-0.2, 0) is 0 Å². The molecule has 0 saturated heterocycles. The van der Waals surface area contributed by atoms with Gasteiger partial charge in [-0.25, -0.2) is 0 Å². The van der Waals surface area contributed by atoms with Crippen LogP contribution >= 0.6 is 0 Å². The third-order valence-corrected chi connectivity index (χ3v) is 1.97. The molecule has 0 N–H and O–H groups in total. The van der Waals surface area contributed by atoms with Gasteiger partial charge in [0.2, 0.25) is 0 Å². The highest BCUT2D eigenvalue weighted by atomic mass is 14.0. The molecule has 1 rings (SSSR count). The Morgan fingerprint density at radius 3 is 3.00 bits per heavy atom. The van der Waals surface area contributed by atoms with Gasteiger partial charge in [-0.2, -0.15) is 0 Å². The summed E-state index contributed by atoms with van der Waals surface area (Å²) in [6, 6.07) is 0. The SMILES string of the molecule is CC1C=CC=CCCCC1. The minimum Gasteiger partial charge on any atom is -0.0845 e. The molecule has 0 fully saturated rings. The van der Waals surface area contributed by atoms with Gasteiger partial charge >= 0.3 is 0 Å².